The van der Waals surface area contributed by atoms with Gasteiger partial charge in [0, 0.05) is 35.7 Å². The summed E-state index contributed by atoms with van der Waals surface area (Å²) in [7, 11) is 0. The molecular formula is C27H28ClNO2. The first kappa shape index (κ1) is 22.9. The minimum absolute atomic E-state index is 0.0637. The lowest BCUT2D eigenvalue weighted by molar-refractivity contribution is 0.0972. The summed E-state index contributed by atoms with van der Waals surface area (Å²) < 4.78 is 0. The van der Waals surface area contributed by atoms with Gasteiger partial charge in [-0.1, -0.05) is 62.6 Å². The van der Waals surface area contributed by atoms with Gasteiger partial charge < -0.3 is 0 Å². The number of hydrogen-bond acceptors (Lipinski definition) is 3. The Morgan fingerprint density at radius 3 is 2.45 bits per heavy atom. The molecule has 4 heteroatoms. The predicted octanol–water partition coefficient (Wildman–Crippen LogP) is 7.15. The van der Waals surface area contributed by atoms with Crippen molar-refractivity contribution in [3.05, 3.63) is 88.1 Å². The highest BCUT2D eigenvalue weighted by Crippen LogP contribution is 2.26. The molecule has 0 fully saturated rings. The van der Waals surface area contributed by atoms with Crippen LogP contribution >= 0.6 is 11.6 Å². The standard InChI is InChI=1S/C27H28ClNO2/c1-3-5-6-10-26(30)21-13-14-22(24(28)18-21)27(31)17-19-11-12-20(4-2)23(16-19)25-9-7-8-15-29-25/h7-9,11-16,18H,3-6,10,17H2,1-2H3. The molecule has 1 aromatic heterocycles. The Balaban J connectivity index is 1.78. The molecule has 0 radical (unpaired) electrons. The van der Waals surface area contributed by atoms with Crippen molar-refractivity contribution in [2.75, 3.05) is 0 Å². The van der Waals surface area contributed by atoms with Gasteiger partial charge in [0.25, 0.3) is 0 Å². The van der Waals surface area contributed by atoms with Crippen molar-refractivity contribution in [3.63, 3.8) is 0 Å². The van der Waals surface area contributed by atoms with Gasteiger partial charge in [0.15, 0.2) is 11.6 Å². The van der Waals surface area contributed by atoms with Crippen LogP contribution in [0.5, 0.6) is 0 Å². The fourth-order valence-corrected chi connectivity index (χ4v) is 3.96. The van der Waals surface area contributed by atoms with E-state index in [9.17, 15) is 9.59 Å². The van der Waals surface area contributed by atoms with Crippen LogP contribution in [-0.4, -0.2) is 16.6 Å². The molecule has 0 N–H and O–H groups in total. The lowest BCUT2D eigenvalue weighted by atomic mass is 9.95. The summed E-state index contributed by atoms with van der Waals surface area (Å²) in [6.07, 6.45) is 6.40. The normalized spacial score (nSPS) is 10.8. The number of aryl methyl sites for hydroxylation is 1. The third-order valence-electron chi connectivity index (χ3n) is 5.46. The molecule has 0 saturated heterocycles. The van der Waals surface area contributed by atoms with Crippen LogP contribution in [-0.2, 0) is 12.8 Å². The average molecular weight is 434 g/mol. The molecule has 2 aromatic carbocycles. The predicted molar refractivity (Wildman–Crippen MR) is 127 cm³/mol. The van der Waals surface area contributed by atoms with Gasteiger partial charge in [-0.25, -0.2) is 0 Å². The first-order valence-electron chi connectivity index (χ1n) is 10.9. The molecule has 0 saturated carbocycles. The van der Waals surface area contributed by atoms with E-state index in [4.69, 9.17) is 11.6 Å². The van der Waals surface area contributed by atoms with Gasteiger partial charge in [0.1, 0.15) is 0 Å². The Labute approximate surface area is 189 Å². The number of aromatic nitrogens is 1. The van der Waals surface area contributed by atoms with Gasteiger partial charge in [0.05, 0.1) is 10.7 Å². The van der Waals surface area contributed by atoms with Crippen molar-refractivity contribution in [3.8, 4) is 11.3 Å². The van der Waals surface area contributed by atoms with Crippen molar-refractivity contribution in [2.24, 2.45) is 0 Å². The lowest BCUT2D eigenvalue weighted by Gasteiger charge is -2.11. The minimum Gasteiger partial charge on any atom is -0.294 e. The number of halogens is 1. The van der Waals surface area contributed by atoms with E-state index in [1.165, 1.54) is 5.56 Å². The van der Waals surface area contributed by atoms with Gasteiger partial charge in [-0.3, -0.25) is 14.6 Å². The maximum absolute atomic E-state index is 12.9. The summed E-state index contributed by atoms with van der Waals surface area (Å²) in [4.78, 5) is 29.7. The van der Waals surface area contributed by atoms with E-state index in [1.807, 2.05) is 30.3 Å². The van der Waals surface area contributed by atoms with Gasteiger partial charge in [-0.2, -0.15) is 0 Å². The Bertz CT molecular complexity index is 1060. The van der Waals surface area contributed by atoms with Crippen LogP contribution in [0.4, 0.5) is 0 Å². The molecule has 1 heterocycles. The van der Waals surface area contributed by atoms with Crippen molar-refractivity contribution >= 4 is 23.2 Å². The van der Waals surface area contributed by atoms with Crippen molar-refractivity contribution in [2.45, 2.75) is 52.4 Å². The molecule has 3 aromatic rings. The first-order valence-corrected chi connectivity index (χ1v) is 11.3. The summed E-state index contributed by atoms with van der Waals surface area (Å²) >= 11 is 6.39. The van der Waals surface area contributed by atoms with E-state index >= 15 is 0 Å². The summed E-state index contributed by atoms with van der Waals surface area (Å²) in [6.45, 7) is 4.22. The van der Waals surface area contributed by atoms with Crippen LogP contribution in [0.2, 0.25) is 5.02 Å². The van der Waals surface area contributed by atoms with E-state index in [2.05, 4.69) is 24.9 Å². The van der Waals surface area contributed by atoms with Gasteiger partial charge in [-0.15, -0.1) is 0 Å². The quantitative estimate of drug-likeness (QED) is 0.252. The smallest absolute Gasteiger partial charge is 0.168 e. The van der Waals surface area contributed by atoms with Crippen LogP contribution in [0.1, 0.15) is 71.4 Å². The third-order valence-corrected chi connectivity index (χ3v) is 5.77. The largest absolute Gasteiger partial charge is 0.294 e. The van der Waals surface area contributed by atoms with Crippen LogP contribution in [0.15, 0.2) is 60.8 Å². The van der Waals surface area contributed by atoms with Gasteiger partial charge >= 0.3 is 0 Å². The molecule has 0 aliphatic rings. The number of unbranched alkanes of at least 4 members (excludes halogenated alkanes) is 2. The number of carbonyl (C=O) groups excluding carboxylic acids is 2. The number of pyridine rings is 1. The van der Waals surface area contributed by atoms with Crippen LogP contribution in [0.25, 0.3) is 11.3 Å². The zero-order valence-corrected chi connectivity index (χ0v) is 18.9. The number of nitrogens with zero attached hydrogens (tertiary/aromatic N) is 1. The highest BCUT2D eigenvalue weighted by molar-refractivity contribution is 6.34. The number of hydrogen-bond donors (Lipinski definition) is 0. The second-order valence-electron chi connectivity index (χ2n) is 7.73. The number of benzene rings is 2. The van der Waals surface area contributed by atoms with E-state index in [-0.39, 0.29) is 18.0 Å². The van der Waals surface area contributed by atoms with E-state index in [0.29, 0.717) is 22.6 Å². The highest BCUT2D eigenvalue weighted by atomic mass is 35.5. The van der Waals surface area contributed by atoms with Gasteiger partial charge in [-0.05, 0) is 54.3 Å². The zero-order chi connectivity index (χ0) is 22.2. The molecule has 0 atom stereocenters. The zero-order valence-electron chi connectivity index (χ0n) is 18.2. The molecule has 3 rings (SSSR count). The molecule has 0 aliphatic heterocycles. The molecule has 160 valence electrons. The third kappa shape index (κ3) is 5.89. The second-order valence-corrected chi connectivity index (χ2v) is 8.14. The van der Waals surface area contributed by atoms with E-state index in [1.54, 1.807) is 24.4 Å². The summed E-state index contributed by atoms with van der Waals surface area (Å²) in [6, 6.07) is 16.9. The van der Waals surface area contributed by atoms with Crippen LogP contribution in [0, 0.1) is 0 Å². The summed E-state index contributed by atoms with van der Waals surface area (Å²) in [5.74, 6) is 0.00991. The van der Waals surface area contributed by atoms with E-state index < -0.39 is 0 Å². The Kier molecular flexibility index (Phi) is 8.13. The maximum atomic E-state index is 12.9. The maximum Gasteiger partial charge on any atom is 0.168 e. The fraction of sp³-hybridized carbons (Fsp3) is 0.296. The molecule has 3 nitrogen and oxygen atoms in total. The average Bonchev–Trinajstić information content (AvgIpc) is 2.79. The van der Waals surface area contributed by atoms with Crippen LogP contribution < -0.4 is 0 Å². The second kappa shape index (κ2) is 11.0. The lowest BCUT2D eigenvalue weighted by Crippen LogP contribution is -2.07. The minimum atomic E-state index is -0.0637. The number of carbonyl (C=O) groups is 2. The molecule has 0 amide bonds. The monoisotopic (exact) mass is 433 g/mol. The molecule has 0 aliphatic carbocycles. The first-order chi connectivity index (χ1) is 15.0. The summed E-state index contributed by atoms with van der Waals surface area (Å²) in [5.41, 5.74) is 5.08. The molecule has 0 unspecified atom stereocenters. The Morgan fingerprint density at radius 1 is 0.935 bits per heavy atom. The van der Waals surface area contributed by atoms with Crippen molar-refractivity contribution in [1.82, 2.24) is 4.98 Å². The molecular weight excluding hydrogens is 406 g/mol. The van der Waals surface area contributed by atoms with Crippen LogP contribution in [0.3, 0.4) is 0 Å². The molecule has 31 heavy (non-hydrogen) atoms. The SMILES string of the molecule is CCCCCC(=O)c1ccc(C(=O)Cc2ccc(CC)c(-c3ccccn3)c2)c(Cl)c1. The van der Waals surface area contributed by atoms with E-state index in [0.717, 1.165) is 42.5 Å². The summed E-state index contributed by atoms with van der Waals surface area (Å²) in [5, 5.41) is 0.335. The molecule has 0 spiro atoms. The fourth-order valence-electron chi connectivity index (χ4n) is 3.68. The number of Topliss-reactive ketones (excluding diaryl/α,β-unsaturated/α-hetero) is 2. The number of ketones is 2. The Hall–Kier alpha value is -2.78. The highest BCUT2D eigenvalue weighted by Gasteiger charge is 2.15. The Morgan fingerprint density at radius 2 is 1.77 bits per heavy atom. The van der Waals surface area contributed by atoms with Crippen molar-refractivity contribution in [1.29, 1.82) is 0 Å². The van der Waals surface area contributed by atoms with Crippen molar-refractivity contribution < 1.29 is 9.59 Å². The number of rotatable bonds is 10. The van der Waals surface area contributed by atoms with Gasteiger partial charge in [0.2, 0.25) is 0 Å². The molecule has 0 bridgehead atoms. The topological polar surface area (TPSA) is 47.0 Å².